The summed E-state index contributed by atoms with van der Waals surface area (Å²) in [7, 11) is 0. The van der Waals surface area contributed by atoms with E-state index in [0.717, 1.165) is 51.4 Å². The quantitative estimate of drug-likeness (QED) is 0.252. The number of carbonyl (C=O) groups is 3. The first-order valence-corrected chi connectivity index (χ1v) is 17.1. The summed E-state index contributed by atoms with van der Waals surface area (Å²) in [4.78, 5) is 37.2. The van der Waals surface area contributed by atoms with Crippen LogP contribution in [0.25, 0.3) is 0 Å². The topological polar surface area (TPSA) is 119 Å². The summed E-state index contributed by atoms with van der Waals surface area (Å²) in [5, 5.41) is 21.0. The Balaban J connectivity index is 1.52. The maximum Gasteiger partial charge on any atom is 0.302 e. The van der Waals surface area contributed by atoms with E-state index in [0.29, 0.717) is 12.3 Å². The summed E-state index contributed by atoms with van der Waals surface area (Å²) < 4.78 is 18.3. The van der Waals surface area contributed by atoms with Crippen LogP contribution in [-0.4, -0.2) is 58.1 Å². The van der Waals surface area contributed by atoms with Crippen molar-refractivity contribution < 1.29 is 38.8 Å². The number of ether oxygens (including phenoxy) is 3. The molecule has 12 atom stereocenters. The van der Waals surface area contributed by atoms with Crippen LogP contribution in [0, 0.1) is 50.7 Å². The Labute approximate surface area is 264 Å². The number of aliphatic hydroxyl groups excluding tert-OH is 1. The predicted molar refractivity (Wildman–Crippen MR) is 165 cm³/mol. The molecule has 5 rings (SSSR count). The molecule has 5 aliphatic carbocycles. The molecule has 8 nitrogen and oxygen atoms in total. The number of carbonyl (C=O) groups excluding carboxylic acids is 3. The molecule has 0 aromatic carbocycles. The molecule has 0 unspecified atom stereocenters. The van der Waals surface area contributed by atoms with Crippen LogP contribution in [0.1, 0.15) is 127 Å². The van der Waals surface area contributed by atoms with E-state index in [-0.39, 0.29) is 81.0 Å². The highest BCUT2D eigenvalue weighted by Crippen LogP contribution is 2.89. The Kier molecular flexibility index (Phi) is 8.18. The number of esters is 3. The smallest absolute Gasteiger partial charge is 0.302 e. The van der Waals surface area contributed by atoms with Crippen LogP contribution in [0.15, 0.2) is 0 Å². The molecule has 0 amide bonds. The lowest BCUT2D eigenvalue weighted by atomic mass is 9.41. The van der Waals surface area contributed by atoms with Crippen LogP contribution >= 0.6 is 0 Å². The maximum atomic E-state index is 12.6. The third-order valence-electron chi connectivity index (χ3n) is 14.3. The van der Waals surface area contributed by atoms with Crippen LogP contribution in [0.4, 0.5) is 0 Å². The first kappa shape index (κ1) is 33.7. The van der Waals surface area contributed by atoms with Crippen molar-refractivity contribution in [1.29, 1.82) is 0 Å². The van der Waals surface area contributed by atoms with Crippen LogP contribution in [-0.2, 0) is 28.6 Å². The van der Waals surface area contributed by atoms with E-state index in [9.17, 15) is 24.6 Å². The van der Waals surface area contributed by atoms with Crippen LogP contribution in [0.5, 0.6) is 0 Å². The van der Waals surface area contributed by atoms with Gasteiger partial charge in [0.05, 0.1) is 11.7 Å². The standard InChI is InChI=1S/C36H58O8/c1-20(11-12-27(40)32(7,8)41)29-25(43-22(3)38)18-34(10)26-17-24(42-21(2)37)30-31(5,6)28(44-23(4)39)13-14-36(30)19-35(26,36)16-15-33(29,34)9/h20,24-30,40-41H,11-19H2,1-10H3/t20-,24+,25+,26+,27+,28+,29+,30+,33-,34+,35+,36-/m1/s1. The van der Waals surface area contributed by atoms with Gasteiger partial charge in [-0.3, -0.25) is 14.4 Å². The van der Waals surface area contributed by atoms with E-state index in [4.69, 9.17) is 14.2 Å². The van der Waals surface area contributed by atoms with Gasteiger partial charge in [-0.05, 0) is 105 Å². The molecule has 0 heterocycles. The summed E-state index contributed by atoms with van der Waals surface area (Å²) in [5.41, 5.74) is -1.64. The second-order valence-electron chi connectivity index (χ2n) is 17.3. The molecular weight excluding hydrogens is 560 g/mol. The molecule has 44 heavy (non-hydrogen) atoms. The van der Waals surface area contributed by atoms with E-state index in [1.54, 1.807) is 13.8 Å². The molecule has 2 spiro atoms. The molecule has 0 aromatic rings. The largest absolute Gasteiger partial charge is 0.462 e. The highest BCUT2D eigenvalue weighted by molar-refractivity contribution is 5.67. The van der Waals surface area contributed by atoms with Gasteiger partial charge in [0.15, 0.2) is 0 Å². The number of hydrogen-bond acceptors (Lipinski definition) is 8. The Morgan fingerprint density at radius 2 is 1.43 bits per heavy atom. The third-order valence-corrected chi connectivity index (χ3v) is 14.3. The van der Waals surface area contributed by atoms with Gasteiger partial charge in [0.1, 0.15) is 18.3 Å². The summed E-state index contributed by atoms with van der Waals surface area (Å²) >= 11 is 0. The second kappa shape index (κ2) is 10.7. The van der Waals surface area contributed by atoms with Crippen LogP contribution in [0.3, 0.4) is 0 Å². The zero-order chi connectivity index (χ0) is 32.8. The molecule has 5 aliphatic rings. The Hall–Kier alpha value is -1.67. The molecule has 8 heteroatoms. The lowest BCUT2D eigenvalue weighted by Gasteiger charge is -2.64. The first-order valence-electron chi connectivity index (χ1n) is 17.1. The van der Waals surface area contributed by atoms with Crippen molar-refractivity contribution in [2.24, 2.45) is 50.7 Å². The maximum absolute atomic E-state index is 12.6. The molecule has 5 saturated carbocycles. The van der Waals surface area contributed by atoms with E-state index in [2.05, 4.69) is 34.6 Å². The monoisotopic (exact) mass is 618 g/mol. The normalized spacial score (nSPS) is 45.0. The van der Waals surface area contributed by atoms with Gasteiger partial charge in [0.25, 0.3) is 0 Å². The fourth-order valence-electron chi connectivity index (χ4n) is 12.4. The number of aliphatic hydroxyl groups is 2. The minimum atomic E-state index is -1.17. The summed E-state index contributed by atoms with van der Waals surface area (Å²) in [5.74, 6) is -0.117. The zero-order valence-electron chi connectivity index (χ0n) is 28.8. The van der Waals surface area contributed by atoms with E-state index >= 15 is 0 Å². The fraction of sp³-hybridized carbons (Fsp3) is 0.917. The molecule has 0 saturated heterocycles. The van der Waals surface area contributed by atoms with E-state index in [1.165, 1.54) is 20.8 Å². The number of rotatable bonds is 8. The zero-order valence-corrected chi connectivity index (χ0v) is 28.8. The minimum Gasteiger partial charge on any atom is -0.462 e. The number of fused-ring (bicyclic) bond motifs is 2. The van der Waals surface area contributed by atoms with Gasteiger partial charge in [0.2, 0.25) is 0 Å². The lowest BCUT2D eigenvalue weighted by molar-refractivity contribution is -0.216. The Morgan fingerprint density at radius 1 is 0.841 bits per heavy atom. The Morgan fingerprint density at radius 3 is 2.00 bits per heavy atom. The predicted octanol–water partition coefficient (Wildman–Crippen LogP) is 5.99. The van der Waals surface area contributed by atoms with Gasteiger partial charge in [0, 0.05) is 38.0 Å². The molecule has 250 valence electrons. The van der Waals surface area contributed by atoms with E-state index in [1.807, 2.05) is 0 Å². The van der Waals surface area contributed by atoms with Crippen LogP contribution < -0.4 is 0 Å². The third kappa shape index (κ3) is 4.86. The van der Waals surface area contributed by atoms with Gasteiger partial charge in [-0.1, -0.05) is 34.6 Å². The van der Waals surface area contributed by atoms with Gasteiger partial charge in [-0.15, -0.1) is 0 Å². The van der Waals surface area contributed by atoms with Gasteiger partial charge in [-0.25, -0.2) is 0 Å². The molecular formula is C36H58O8. The van der Waals surface area contributed by atoms with Crippen molar-refractivity contribution in [1.82, 2.24) is 0 Å². The molecule has 5 fully saturated rings. The summed E-state index contributed by atoms with van der Waals surface area (Å²) in [6.07, 6.45) is 6.19. The summed E-state index contributed by atoms with van der Waals surface area (Å²) in [6, 6.07) is 0. The van der Waals surface area contributed by atoms with Crippen molar-refractivity contribution in [2.45, 2.75) is 157 Å². The lowest BCUT2D eigenvalue weighted by Crippen LogP contribution is -2.62. The first-order chi connectivity index (χ1) is 20.2. The minimum absolute atomic E-state index is 0.0258. The molecule has 0 radical (unpaired) electrons. The van der Waals surface area contributed by atoms with E-state index < -0.39 is 11.7 Å². The van der Waals surface area contributed by atoms with Gasteiger partial charge < -0.3 is 24.4 Å². The average molecular weight is 619 g/mol. The summed E-state index contributed by atoms with van der Waals surface area (Å²) in [6.45, 7) is 19.2. The average Bonchev–Trinajstić information content (AvgIpc) is 3.46. The van der Waals surface area contributed by atoms with Crippen molar-refractivity contribution >= 4 is 17.9 Å². The SMILES string of the molecule is CC(=O)O[C@H]1C[C@@]2(C)[C@@H]3C[C@H](OC(C)=O)[C@H]4C(C)(C)[C@@H](OC(C)=O)CC[C@@]45C[C@@]35CC[C@]2(C)[C@H]1[C@H](C)CC[C@H](O)C(C)(C)O. The highest BCUT2D eigenvalue weighted by atomic mass is 16.6. The van der Waals surface area contributed by atoms with Gasteiger partial charge in [-0.2, -0.15) is 0 Å². The molecule has 0 bridgehead atoms. The van der Waals surface area contributed by atoms with Gasteiger partial charge >= 0.3 is 17.9 Å². The molecule has 0 aliphatic heterocycles. The van der Waals surface area contributed by atoms with Crippen LogP contribution in [0.2, 0.25) is 0 Å². The number of hydrogen-bond donors (Lipinski definition) is 2. The second-order valence-corrected chi connectivity index (χ2v) is 17.3. The molecule has 0 aromatic heterocycles. The van der Waals surface area contributed by atoms with Crippen molar-refractivity contribution in [3.63, 3.8) is 0 Å². The van der Waals surface area contributed by atoms with Crippen molar-refractivity contribution in [3.05, 3.63) is 0 Å². The van der Waals surface area contributed by atoms with Crippen molar-refractivity contribution in [3.8, 4) is 0 Å². The Bertz CT molecular complexity index is 1170. The van der Waals surface area contributed by atoms with Crippen molar-refractivity contribution in [2.75, 3.05) is 0 Å². The molecule has 2 N–H and O–H groups in total. The highest BCUT2D eigenvalue weighted by Gasteiger charge is 2.85. The fourth-order valence-corrected chi connectivity index (χ4v) is 12.4.